The van der Waals surface area contributed by atoms with Crippen LogP contribution in [0.4, 0.5) is 0 Å². The van der Waals surface area contributed by atoms with Crippen LogP contribution in [0.3, 0.4) is 0 Å². The van der Waals surface area contributed by atoms with Crippen molar-refractivity contribution in [2.24, 2.45) is 11.7 Å². The number of nitrogens with two attached hydrogens (primary N) is 1. The first-order valence-corrected chi connectivity index (χ1v) is 5.93. The number of nitrogens with one attached hydrogen (secondary N) is 1. The predicted molar refractivity (Wildman–Crippen MR) is 70.7 cm³/mol. The average Bonchev–Trinajstić information content (AvgIpc) is 2.75. The van der Waals surface area contributed by atoms with Crippen molar-refractivity contribution in [2.75, 3.05) is 20.6 Å². The van der Waals surface area contributed by atoms with Crippen LogP contribution in [0.5, 0.6) is 0 Å². The molecule has 17 heavy (non-hydrogen) atoms. The molecule has 2 unspecified atom stereocenters. The Morgan fingerprint density at radius 2 is 2.18 bits per heavy atom. The van der Waals surface area contributed by atoms with Gasteiger partial charge in [-0.2, -0.15) is 0 Å². The summed E-state index contributed by atoms with van der Waals surface area (Å²) in [7, 11) is 4.18. The van der Waals surface area contributed by atoms with Crippen LogP contribution in [0, 0.1) is 5.92 Å². The summed E-state index contributed by atoms with van der Waals surface area (Å²) in [6.07, 6.45) is 1.73. The minimum absolute atomic E-state index is 0.340. The van der Waals surface area contributed by atoms with Gasteiger partial charge in [-0.25, -0.2) is 4.98 Å². The summed E-state index contributed by atoms with van der Waals surface area (Å²) < 4.78 is 0. The normalized spacial score (nSPS) is 15.4. The van der Waals surface area contributed by atoms with Crippen LogP contribution in [0.25, 0.3) is 11.0 Å². The molecule has 2 rings (SSSR count). The lowest BCUT2D eigenvalue weighted by atomic mass is 9.93. The van der Waals surface area contributed by atoms with Crippen LogP contribution < -0.4 is 5.73 Å². The molecule has 2 aromatic rings. The third-order valence-electron chi connectivity index (χ3n) is 3.25. The smallest absolute Gasteiger partial charge is 0.0931 e. The van der Waals surface area contributed by atoms with Gasteiger partial charge in [-0.3, -0.25) is 0 Å². The first-order valence-electron chi connectivity index (χ1n) is 5.93. The highest BCUT2D eigenvalue weighted by Crippen LogP contribution is 2.27. The van der Waals surface area contributed by atoms with E-state index in [9.17, 15) is 0 Å². The first-order chi connectivity index (χ1) is 8.13. The maximum Gasteiger partial charge on any atom is 0.0931 e. The average molecular weight is 232 g/mol. The van der Waals surface area contributed by atoms with Crippen LogP contribution in [-0.2, 0) is 0 Å². The summed E-state index contributed by atoms with van der Waals surface area (Å²) in [5.74, 6) is 0.422. The molecular formula is C13H20N4. The maximum absolute atomic E-state index is 5.79. The summed E-state index contributed by atoms with van der Waals surface area (Å²) in [5, 5.41) is 0. The van der Waals surface area contributed by atoms with Crippen molar-refractivity contribution >= 4 is 11.0 Å². The molecule has 2 atom stereocenters. The quantitative estimate of drug-likeness (QED) is 0.844. The molecule has 0 saturated carbocycles. The Bertz CT molecular complexity index is 489. The van der Waals surface area contributed by atoms with E-state index in [0.717, 1.165) is 11.0 Å². The van der Waals surface area contributed by atoms with Crippen molar-refractivity contribution in [1.82, 2.24) is 14.9 Å². The molecule has 0 bridgehead atoms. The lowest BCUT2D eigenvalue weighted by Gasteiger charge is -2.29. The Kier molecular flexibility index (Phi) is 3.45. The summed E-state index contributed by atoms with van der Waals surface area (Å²) in [6, 6.07) is 6.70. The fraction of sp³-hybridized carbons (Fsp3) is 0.462. The molecule has 3 N–H and O–H groups in total. The van der Waals surface area contributed by atoms with Crippen molar-refractivity contribution in [3.05, 3.63) is 30.1 Å². The van der Waals surface area contributed by atoms with E-state index in [0.29, 0.717) is 18.5 Å². The molecule has 4 nitrogen and oxygen atoms in total. The van der Waals surface area contributed by atoms with Crippen molar-refractivity contribution in [3.63, 3.8) is 0 Å². The molecule has 0 saturated heterocycles. The van der Waals surface area contributed by atoms with E-state index in [1.54, 1.807) is 6.33 Å². The second-order valence-corrected chi connectivity index (χ2v) is 4.80. The lowest BCUT2D eigenvalue weighted by molar-refractivity contribution is 0.227. The second kappa shape index (κ2) is 4.85. The number of fused-ring (bicyclic) bond motifs is 1. The number of rotatable bonds is 4. The van der Waals surface area contributed by atoms with Gasteiger partial charge in [0.15, 0.2) is 0 Å². The Hall–Kier alpha value is -1.39. The van der Waals surface area contributed by atoms with Crippen molar-refractivity contribution in [1.29, 1.82) is 0 Å². The van der Waals surface area contributed by atoms with Gasteiger partial charge in [0, 0.05) is 6.04 Å². The Balaban J connectivity index is 2.40. The zero-order chi connectivity index (χ0) is 12.4. The first kappa shape index (κ1) is 12.1. The van der Waals surface area contributed by atoms with Crippen LogP contribution in [0.15, 0.2) is 24.5 Å². The van der Waals surface area contributed by atoms with E-state index < -0.39 is 0 Å². The zero-order valence-corrected chi connectivity index (χ0v) is 10.6. The summed E-state index contributed by atoms with van der Waals surface area (Å²) in [5.41, 5.74) is 9.16. The monoisotopic (exact) mass is 232 g/mol. The number of benzene rings is 1. The number of hydrogen-bond acceptors (Lipinski definition) is 3. The molecule has 0 radical (unpaired) electrons. The highest BCUT2D eigenvalue weighted by molar-refractivity contribution is 5.75. The van der Waals surface area contributed by atoms with E-state index >= 15 is 0 Å². The summed E-state index contributed by atoms with van der Waals surface area (Å²) >= 11 is 0. The van der Waals surface area contributed by atoms with Crippen LogP contribution in [0.2, 0.25) is 0 Å². The van der Waals surface area contributed by atoms with Crippen molar-refractivity contribution in [3.8, 4) is 0 Å². The Morgan fingerprint density at radius 1 is 1.41 bits per heavy atom. The van der Waals surface area contributed by atoms with Gasteiger partial charge in [0.05, 0.1) is 17.4 Å². The highest BCUT2D eigenvalue weighted by Gasteiger charge is 2.20. The molecule has 1 heterocycles. The molecular weight excluding hydrogens is 212 g/mol. The summed E-state index contributed by atoms with van der Waals surface area (Å²) in [4.78, 5) is 9.60. The fourth-order valence-corrected chi connectivity index (χ4v) is 2.40. The van der Waals surface area contributed by atoms with Crippen molar-refractivity contribution in [2.45, 2.75) is 13.0 Å². The molecule has 92 valence electrons. The fourth-order valence-electron chi connectivity index (χ4n) is 2.40. The van der Waals surface area contributed by atoms with E-state index in [2.05, 4.69) is 54.1 Å². The number of aromatic nitrogens is 2. The highest BCUT2D eigenvalue weighted by atomic mass is 15.1. The third kappa shape index (κ3) is 2.33. The van der Waals surface area contributed by atoms with E-state index in [4.69, 9.17) is 5.73 Å². The van der Waals surface area contributed by atoms with Crippen LogP contribution in [-0.4, -0.2) is 35.5 Å². The Morgan fingerprint density at radius 3 is 2.82 bits per heavy atom. The standard InChI is InChI=1S/C13H20N4/c1-9(7-14)13(17(2)3)10-4-5-11-12(6-10)16-8-15-11/h4-6,8-9,13H,7,14H2,1-3H3,(H,15,16). The SMILES string of the molecule is CC(CN)C(c1ccc2nc[nH]c2c1)N(C)C. The lowest BCUT2D eigenvalue weighted by Crippen LogP contribution is -2.30. The predicted octanol–water partition coefficient (Wildman–Crippen LogP) is 1.76. The molecule has 4 heteroatoms. The van der Waals surface area contributed by atoms with E-state index in [1.807, 2.05) is 0 Å². The third-order valence-corrected chi connectivity index (χ3v) is 3.25. The second-order valence-electron chi connectivity index (χ2n) is 4.80. The van der Waals surface area contributed by atoms with Gasteiger partial charge < -0.3 is 15.6 Å². The van der Waals surface area contributed by atoms with E-state index in [1.165, 1.54) is 5.56 Å². The maximum atomic E-state index is 5.79. The van der Waals surface area contributed by atoms with Gasteiger partial charge in [-0.05, 0) is 44.3 Å². The molecule has 0 spiro atoms. The van der Waals surface area contributed by atoms with Gasteiger partial charge in [0.2, 0.25) is 0 Å². The van der Waals surface area contributed by atoms with Crippen molar-refractivity contribution < 1.29 is 0 Å². The minimum atomic E-state index is 0.340. The number of nitrogens with zero attached hydrogens (tertiary/aromatic N) is 2. The molecule has 1 aromatic carbocycles. The molecule has 0 fully saturated rings. The Labute approximate surface area is 102 Å². The molecule has 1 aromatic heterocycles. The van der Waals surface area contributed by atoms with Gasteiger partial charge in [0.1, 0.15) is 0 Å². The largest absolute Gasteiger partial charge is 0.345 e. The molecule has 0 aliphatic carbocycles. The molecule has 0 amide bonds. The number of H-pyrrole nitrogens is 1. The van der Waals surface area contributed by atoms with E-state index in [-0.39, 0.29) is 0 Å². The van der Waals surface area contributed by atoms with Crippen LogP contribution in [0.1, 0.15) is 18.5 Å². The number of hydrogen-bond donors (Lipinski definition) is 2. The van der Waals surface area contributed by atoms with Gasteiger partial charge in [-0.15, -0.1) is 0 Å². The van der Waals surface area contributed by atoms with Gasteiger partial charge in [-0.1, -0.05) is 13.0 Å². The van der Waals surface area contributed by atoms with Gasteiger partial charge >= 0.3 is 0 Å². The number of imidazole rings is 1. The number of aromatic amines is 1. The van der Waals surface area contributed by atoms with Gasteiger partial charge in [0.25, 0.3) is 0 Å². The molecule has 0 aliphatic rings. The van der Waals surface area contributed by atoms with Crippen LogP contribution >= 0.6 is 0 Å². The summed E-state index contributed by atoms with van der Waals surface area (Å²) in [6.45, 7) is 2.87. The topological polar surface area (TPSA) is 57.9 Å². The zero-order valence-electron chi connectivity index (χ0n) is 10.6. The minimum Gasteiger partial charge on any atom is -0.345 e. The molecule has 0 aliphatic heterocycles.